The number of hydrogen-bond donors (Lipinski definition) is 0. The molecule has 6 nitrogen and oxygen atoms in total. The van der Waals surface area contributed by atoms with Crippen molar-refractivity contribution in [2.24, 2.45) is 16.2 Å². The lowest BCUT2D eigenvalue weighted by atomic mass is 9.75. The molecule has 150 valence electrons. The first-order chi connectivity index (χ1) is 13.5. The van der Waals surface area contributed by atoms with E-state index in [1.54, 1.807) is 18.2 Å². The van der Waals surface area contributed by atoms with Gasteiger partial charge in [-0.3, -0.25) is 4.79 Å². The van der Waals surface area contributed by atoms with E-state index in [1.165, 1.54) is 25.7 Å². The summed E-state index contributed by atoms with van der Waals surface area (Å²) in [5, 5.41) is 0. The van der Waals surface area contributed by atoms with E-state index in [0.717, 1.165) is 38.3 Å². The van der Waals surface area contributed by atoms with Gasteiger partial charge >= 0.3 is 0 Å². The molecule has 0 unspecified atom stereocenters. The van der Waals surface area contributed by atoms with Crippen LogP contribution in [-0.4, -0.2) is 55.6 Å². The standard InChI is InChI=1S/C21H27N3O3S/c25-21(23-13-11-15-6-1-2-7-16(15)14-23)18-9-5-12-24(18)20-17-8-3-4-10-19(17)28(26,27)22-20/h3-4,8,10,15-16,18H,1-2,5-7,9,11-14H2/t15-,16+,18+/m1/s1. The first-order valence-corrected chi connectivity index (χ1v) is 12.0. The Kier molecular flexibility index (Phi) is 4.45. The number of piperidine rings is 1. The summed E-state index contributed by atoms with van der Waals surface area (Å²) in [6, 6.07) is 6.65. The molecule has 4 aliphatic rings. The molecule has 0 N–H and O–H groups in total. The molecule has 0 bridgehead atoms. The van der Waals surface area contributed by atoms with Gasteiger partial charge in [-0.2, -0.15) is 8.42 Å². The van der Waals surface area contributed by atoms with E-state index >= 15 is 0 Å². The molecule has 7 heteroatoms. The molecule has 1 aromatic rings. The summed E-state index contributed by atoms with van der Waals surface area (Å²) in [6.07, 6.45) is 7.93. The first kappa shape index (κ1) is 18.2. The number of amidine groups is 1. The average Bonchev–Trinajstić information content (AvgIpc) is 3.30. The number of likely N-dealkylation sites (tertiary alicyclic amines) is 2. The highest BCUT2D eigenvalue weighted by Crippen LogP contribution is 2.37. The van der Waals surface area contributed by atoms with Crippen LogP contribution in [0.4, 0.5) is 0 Å². The lowest BCUT2D eigenvalue weighted by Crippen LogP contribution is -2.52. The van der Waals surface area contributed by atoms with E-state index in [0.29, 0.717) is 23.9 Å². The Labute approximate surface area is 166 Å². The molecule has 2 saturated heterocycles. The molecule has 1 amide bonds. The lowest BCUT2D eigenvalue weighted by molar-refractivity contribution is -0.138. The van der Waals surface area contributed by atoms with Crippen molar-refractivity contribution >= 4 is 21.8 Å². The SMILES string of the molecule is O=C([C@@H]1CCCN1C1=NS(=O)(=O)c2ccccc21)N1CC[C@H]2CCCC[C@H]2C1. The minimum absolute atomic E-state index is 0.158. The van der Waals surface area contributed by atoms with Crippen molar-refractivity contribution in [2.45, 2.75) is 55.9 Å². The van der Waals surface area contributed by atoms with Gasteiger partial charge in [0.15, 0.2) is 5.84 Å². The van der Waals surface area contributed by atoms with Gasteiger partial charge in [0, 0.05) is 25.2 Å². The highest BCUT2D eigenvalue weighted by Gasteiger charge is 2.42. The van der Waals surface area contributed by atoms with Crippen molar-refractivity contribution in [3.8, 4) is 0 Å². The van der Waals surface area contributed by atoms with Crippen LogP contribution < -0.4 is 0 Å². The molecule has 0 aromatic heterocycles. The van der Waals surface area contributed by atoms with Gasteiger partial charge in [0.1, 0.15) is 10.9 Å². The number of benzene rings is 1. The maximum Gasteiger partial charge on any atom is 0.285 e. The van der Waals surface area contributed by atoms with Gasteiger partial charge in [-0.15, -0.1) is 4.40 Å². The Bertz CT molecular complexity index is 927. The molecule has 0 spiro atoms. The van der Waals surface area contributed by atoms with Gasteiger partial charge in [-0.25, -0.2) is 0 Å². The second-order valence-corrected chi connectivity index (χ2v) is 10.2. The van der Waals surface area contributed by atoms with Crippen LogP contribution in [0.1, 0.15) is 50.5 Å². The number of sulfonamides is 1. The zero-order valence-corrected chi connectivity index (χ0v) is 16.9. The van der Waals surface area contributed by atoms with E-state index < -0.39 is 10.0 Å². The van der Waals surface area contributed by atoms with Crippen molar-refractivity contribution in [1.29, 1.82) is 0 Å². The Balaban J connectivity index is 1.38. The van der Waals surface area contributed by atoms with Crippen LogP contribution in [0.25, 0.3) is 0 Å². The normalized spacial score (nSPS) is 31.3. The zero-order valence-electron chi connectivity index (χ0n) is 16.1. The largest absolute Gasteiger partial charge is 0.343 e. The van der Waals surface area contributed by atoms with Crippen LogP contribution in [0.15, 0.2) is 33.6 Å². The zero-order chi connectivity index (χ0) is 19.3. The number of hydrogen-bond acceptors (Lipinski definition) is 4. The Hall–Kier alpha value is -1.89. The number of rotatable bonds is 1. The number of fused-ring (bicyclic) bond motifs is 2. The van der Waals surface area contributed by atoms with Crippen molar-refractivity contribution in [1.82, 2.24) is 9.80 Å². The Morgan fingerprint density at radius 1 is 0.964 bits per heavy atom. The Morgan fingerprint density at radius 3 is 2.61 bits per heavy atom. The van der Waals surface area contributed by atoms with Crippen LogP contribution in [-0.2, 0) is 14.8 Å². The number of nitrogens with zero attached hydrogens (tertiary/aromatic N) is 3. The van der Waals surface area contributed by atoms with Crippen molar-refractivity contribution in [3.63, 3.8) is 0 Å². The summed E-state index contributed by atoms with van der Waals surface area (Å²) in [5.74, 6) is 2.05. The summed E-state index contributed by atoms with van der Waals surface area (Å²) in [5.41, 5.74) is 0.633. The topological polar surface area (TPSA) is 70.0 Å². The van der Waals surface area contributed by atoms with Crippen LogP contribution in [0.5, 0.6) is 0 Å². The van der Waals surface area contributed by atoms with Gasteiger partial charge in [0.05, 0.1) is 0 Å². The van der Waals surface area contributed by atoms with E-state index in [-0.39, 0.29) is 16.8 Å². The fraction of sp³-hybridized carbons (Fsp3) is 0.619. The van der Waals surface area contributed by atoms with Gasteiger partial charge in [-0.1, -0.05) is 31.4 Å². The van der Waals surface area contributed by atoms with Crippen molar-refractivity contribution in [2.75, 3.05) is 19.6 Å². The van der Waals surface area contributed by atoms with Crippen LogP contribution >= 0.6 is 0 Å². The van der Waals surface area contributed by atoms with Crippen LogP contribution in [0.3, 0.4) is 0 Å². The third-order valence-electron chi connectivity index (χ3n) is 7.03. The fourth-order valence-electron chi connectivity index (χ4n) is 5.58. The number of carbonyl (C=O) groups is 1. The molecule has 0 radical (unpaired) electrons. The molecule has 3 heterocycles. The molecular formula is C21H27N3O3S. The van der Waals surface area contributed by atoms with E-state index in [4.69, 9.17) is 0 Å². The predicted molar refractivity (Wildman–Crippen MR) is 107 cm³/mol. The molecular weight excluding hydrogens is 374 g/mol. The van der Waals surface area contributed by atoms with E-state index in [1.807, 2.05) is 15.9 Å². The van der Waals surface area contributed by atoms with Crippen molar-refractivity contribution in [3.05, 3.63) is 29.8 Å². The summed E-state index contributed by atoms with van der Waals surface area (Å²) in [4.78, 5) is 17.6. The van der Waals surface area contributed by atoms with Gasteiger partial charge in [0.2, 0.25) is 5.91 Å². The maximum atomic E-state index is 13.4. The lowest BCUT2D eigenvalue weighted by Gasteiger charge is -2.42. The highest BCUT2D eigenvalue weighted by molar-refractivity contribution is 7.90. The molecule has 1 aromatic carbocycles. The fourth-order valence-corrected chi connectivity index (χ4v) is 6.80. The number of amides is 1. The second-order valence-electron chi connectivity index (χ2n) is 8.62. The Morgan fingerprint density at radius 2 is 1.75 bits per heavy atom. The summed E-state index contributed by atoms with van der Waals surface area (Å²) in [6.45, 7) is 2.39. The molecule has 3 fully saturated rings. The summed E-state index contributed by atoms with van der Waals surface area (Å²) in [7, 11) is -3.66. The number of carbonyl (C=O) groups excluding carboxylic acids is 1. The third kappa shape index (κ3) is 2.95. The summed E-state index contributed by atoms with van der Waals surface area (Å²) < 4.78 is 29.0. The van der Waals surface area contributed by atoms with E-state index in [9.17, 15) is 13.2 Å². The quantitative estimate of drug-likeness (QED) is 0.725. The minimum Gasteiger partial charge on any atom is -0.343 e. The molecule has 5 rings (SSSR count). The van der Waals surface area contributed by atoms with E-state index in [2.05, 4.69) is 4.40 Å². The highest BCUT2D eigenvalue weighted by atomic mass is 32.2. The molecule has 3 atom stereocenters. The molecule has 1 aliphatic carbocycles. The third-order valence-corrected chi connectivity index (χ3v) is 8.35. The van der Waals surface area contributed by atoms with Crippen molar-refractivity contribution < 1.29 is 13.2 Å². The molecule has 3 aliphatic heterocycles. The van der Waals surface area contributed by atoms with Crippen LogP contribution in [0.2, 0.25) is 0 Å². The average molecular weight is 402 g/mol. The van der Waals surface area contributed by atoms with Crippen LogP contribution in [0, 0.1) is 11.8 Å². The first-order valence-electron chi connectivity index (χ1n) is 10.5. The minimum atomic E-state index is -3.66. The molecule has 28 heavy (non-hydrogen) atoms. The molecule has 1 saturated carbocycles. The van der Waals surface area contributed by atoms with Gasteiger partial charge in [0.25, 0.3) is 10.0 Å². The summed E-state index contributed by atoms with van der Waals surface area (Å²) >= 11 is 0. The smallest absolute Gasteiger partial charge is 0.285 e. The monoisotopic (exact) mass is 401 g/mol. The van der Waals surface area contributed by atoms with Gasteiger partial charge in [-0.05, 0) is 49.7 Å². The predicted octanol–water partition coefficient (Wildman–Crippen LogP) is 2.64. The van der Waals surface area contributed by atoms with Gasteiger partial charge < -0.3 is 9.80 Å². The maximum absolute atomic E-state index is 13.4. The second kappa shape index (κ2) is 6.87.